The molecule has 0 saturated heterocycles. The molecule has 1 aromatic carbocycles. The Hall–Kier alpha value is -1.46. The van der Waals surface area contributed by atoms with Crippen LogP contribution in [-0.2, 0) is 0 Å². The molecule has 18 heavy (non-hydrogen) atoms. The zero-order valence-electron chi connectivity index (χ0n) is 10.9. The summed E-state index contributed by atoms with van der Waals surface area (Å²) in [6.07, 6.45) is 0. The summed E-state index contributed by atoms with van der Waals surface area (Å²) >= 11 is 6.10. The van der Waals surface area contributed by atoms with Gasteiger partial charge in [0.1, 0.15) is 0 Å². The van der Waals surface area contributed by atoms with Gasteiger partial charge in [0, 0.05) is 25.8 Å². The van der Waals surface area contributed by atoms with E-state index in [0.717, 1.165) is 18.8 Å². The molecule has 3 N–H and O–H groups in total. The van der Waals surface area contributed by atoms with Crippen LogP contribution in [0.25, 0.3) is 0 Å². The molecule has 0 unspecified atom stereocenters. The van der Waals surface area contributed by atoms with Crippen LogP contribution in [0.1, 0.15) is 5.56 Å². The lowest BCUT2D eigenvalue weighted by Crippen LogP contribution is -2.30. The first-order valence-corrected chi connectivity index (χ1v) is 5.97. The number of oxime groups is 1. The number of hydrogen-bond acceptors (Lipinski definition) is 4. The monoisotopic (exact) mass is 270 g/mol. The van der Waals surface area contributed by atoms with Gasteiger partial charge in [-0.1, -0.05) is 22.8 Å². The summed E-state index contributed by atoms with van der Waals surface area (Å²) in [6, 6.07) is 5.46. The maximum Gasteiger partial charge on any atom is 0.173 e. The van der Waals surface area contributed by atoms with Crippen LogP contribution in [0.5, 0.6) is 0 Å². The Morgan fingerprint density at radius 3 is 2.56 bits per heavy atom. The molecule has 1 rings (SSSR count). The molecule has 100 valence electrons. The van der Waals surface area contributed by atoms with Gasteiger partial charge in [-0.15, -0.1) is 0 Å². The Labute approximate surface area is 112 Å². The first-order chi connectivity index (χ1) is 8.47. The second kappa shape index (κ2) is 6.47. The number of likely N-dealkylation sites (N-methyl/N-ethyl adjacent to an activating group) is 2. The molecule has 0 amide bonds. The fourth-order valence-corrected chi connectivity index (χ4v) is 1.87. The van der Waals surface area contributed by atoms with E-state index in [9.17, 15) is 0 Å². The fourth-order valence-electron chi connectivity index (χ4n) is 1.60. The van der Waals surface area contributed by atoms with Crippen LogP contribution in [0.15, 0.2) is 23.4 Å². The van der Waals surface area contributed by atoms with Crippen molar-refractivity contribution >= 4 is 23.1 Å². The molecule has 0 saturated carbocycles. The largest absolute Gasteiger partial charge is 0.409 e. The molecule has 0 aliphatic heterocycles. The number of benzene rings is 1. The molecular formula is C12H19ClN4O. The minimum Gasteiger partial charge on any atom is -0.409 e. The van der Waals surface area contributed by atoms with E-state index in [1.165, 1.54) is 0 Å². The molecule has 0 aromatic heterocycles. The van der Waals surface area contributed by atoms with Crippen molar-refractivity contribution in [1.82, 2.24) is 4.90 Å². The maximum absolute atomic E-state index is 8.81. The molecule has 0 atom stereocenters. The summed E-state index contributed by atoms with van der Waals surface area (Å²) in [7, 11) is 5.97. The van der Waals surface area contributed by atoms with Gasteiger partial charge < -0.3 is 20.7 Å². The molecule has 5 nitrogen and oxygen atoms in total. The summed E-state index contributed by atoms with van der Waals surface area (Å²) < 4.78 is 0. The highest BCUT2D eigenvalue weighted by atomic mass is 35.5. The number of anilines is 1. The molecule has 6 heteroatoms. The van der Waals surface area contributed by atoms with Gasteiger partial charge in [-0.2, -0.15) is 0 Å². The smallest absolute Gasteiger partial charge is 0.173 e. The molecule has 0 heterocycles. The van der Waals surface area contributed by atoms with Crippen LogP contribution in [0.4, 0.5) is 5.69 Å². The summed E-state index contributed by atoms with van der Waals surface area (Å²) in [5, 5.41) is 12.3. The fraction of sp³-hybridized carbons (Fsp3) is 0.417. The number of halogens is 1. The van der Waals surface area contributed by atoms with Gasteiger partial charge in [0.2, 0.25) is 0 Å². The van der Waals surface area contributed by atoms with Crippen molar-refractivity contribution in [2.75, 3.05) is 39.1 Å². The molecule has 0 spiro atoms. The maximum atomic E-state index is 8.81. The quantitative estimate of drug-likeness (QED) is 0.368. The lowest BCUT2D eigenvalue weighted by Gasteiger charge is -2.24. The van der Waals surface area contributed by atoms with E-state index in [4.69, 9.17) is 22.5 Å². The second-order valence-corrected chi connectivity index (χ2v) is 4.75. The first kappa shape index (κ1) is 14.6. The Bertz CT molecular complexity index is 434. The van der Waals surface area contributed by atoms with E-state index in [1.807, 2.05) is 38.2 Å². The number of nitrogens with two attached hydrogens (primary N) is 1. The minimum atomic E-state index is 0.0207. The summed E-state index contributed by atoms with van der Waals surface area (Å²) in [5.41, 5.74) is 7.07. The van der Waals surface area contributed by atoms with Crippen LogP contribution < -0.4 is 10.6 Å². The van der Waals surface area contributed by atoms with Crippen molar-refractivity contribution in [1.29, 1.82) is 0 Å². The van der Waals surface area contributed by atoms with E-state index in [-0.39, 0.29) is 5.84 Å². The van der Waals surface area contributed by atoms with E-state index >= 15 is 0 Å². The Balaban J connectivity index is 3.04. The highest BCUT2D eigenvalue weighted by Gasteiger charge is 2.14. The third-order valence-corrected chi connectivity index (χ3v) is 2.96. The summed E-state index contributed by atoms with van der Waals surface area (Å²) in [4.78, 5) is 4.11. The molecule has 0 radical (unpaired) electrons. The number of hydrogen-bond donors (Lipinski definition) is 2. The Morgan fingerprint density at radius 1 is 1.33 bits per heavy atom. The third-order valence-electron chi connectivity index (χ3n) is 2.65. The predicted molar refractivity (Wildman–Crippen MR) is 75.8 cm³/mol. The number of rotatable bonds is 5. The van der Waals surface area contributed by atoms with Crippen LogP contribution in [0, 0.1) is 0 Å². The van der Waals surface area contributed by atoms with Gasteiger partial charge in [-0.25, -0.2) is 0 Å². The Morgan fingerprint density at radius 2 is 2.00 bits per heavy atom. The molecule has 0 aliphatic rings. The Kier molecular flexibility index (Phi) is 5.25. The highest BCUT2D eigenvalue weighted by Crippen LogP contribution is 2.26. The van der Waals surface area contributed by atoms with Crippen molar-refractivity contribution in [3.8, 4) is 0 Å². The number of nitrogens with zero attached hydrogens (tertiary/aromatic N) is 3. The zero-order valence-corrected chi connectivity index (χ0v) is 11.6. The van der Waals surface area contributed by atoms with E-state index in [1.54, 1.807) is 6.07 Å². The van der Waals surface area contributed by atoms with Gasteiger partial charge in [-0.05, 0) is 26.2 Å². The van der Waals surface area contributed by atoms with Crippen LogP contribution in [0.3, 0.4) is 0 Å². The summed E-state index contributed by atoms with van der Waals surface area (Å²) in [5.74, 6) is 0.0207. The summed E-state index contributed by atoms with van der Waals surface area (Å²) in [6.45, 7) is 1.72. The SMILES string of the molecule is CN(C)CCN(C)c1cccc(Cl)c1C(N)=NO. The standard InChI is InChI=1S/C12H19ClN4O/c1-16(2)7-8-17(3)10-6-4-5-9(13)11(10)12(14)15-18/h4-6,18H,7-8H2,1-3H3,(H2,14,15). The van der Waals surface area contributed by atoms with Crippen LogP contribution in [0.2, 0.25) is 5.02 Å². The van der Waals surface area contributed by atoms with E-state index < -0.39 is 0 Å². The predicted octanol–water partition coefficient (Wildman–Crippen LogP) is 1.43. The van der Waals surface area contributed by atoms with Crippen molar-refractivity contribution in [2.24, 2.45) is 10.9 Å². The highest BCUT2D eigenvalue weighted by molar-refractivity contribution is 6.34. The lowest BCUT2D eigenvalue weighted by molar-refractivity contribution is 0.318. The van der Waals surface area contributed by atoms with Gasteiger partial charge in [0.25, 0.3) is 0 Å². The van der Waals surface area contributed by atoms with Crippen molar-refractivity contribution in [3.05, 3.63) is 28.8 Å². The molecule has 0 fully saturated rings. The molecule has 0 bridgehead atoms. The lowest BCUT2D eigenvalue weighted by atomic mass is 10.1. The minimum absolute atomic E-state index is 0.0207. The van der Waals surface area contributed by atoms with Crippen LogP contribution >= 0.6 is 11.6 Å². The zero-order chi connectivity index (χ0) is 13.7. The molecule has 1 aromatic rings. The average Bonchev–Trinajstić information content (AvgIpc) is 2.34. The average molecular weight is 271 g/mol. The van der Waals surface area contributed by atoms with Crippen LogP contribution in [-0.4, -0.2) is 50.2 Å². The second-order valence-electron chi connectivity index (χ2n) is 4.34. The van der Waals surface area contributed by atoms with Gasteiger partial charge in [-0.3, -0.25) is 0 Å². The van der Waals surface area contributed by atoms with Gasteiger partial charge >= 0.3 is 0 Å². The first-order valence-electron chi connectivity index (χ1n) is 5.59. The van der Waals surface area contributed by atoms with Gasteiger partial charge in [0.05, 0.1) is 10.6 Å². The normalized spacial score (nSPS) is 11.9. The van der Waals surface area contributed by atoms with E-state index in [2.05, 4.69) is 10.1 Å². The van der Waals surface area contributed by atoms with Gasteiger partial charge in [0.15, 0.2) is 5.84 Å². The third kappa shape index (κ3) is 3.51. The van der Waals surface area contributed by atoms with Crippen molar-refractivity contribution in [3.63, 3.8) is 0 Å². The van der Waals surface area contributed by atoms with Crippen molar-refractivity contribution < 1.29 is 5.21 Å². The topological polar surface area (TPSA) is 65.1 Å². The number of amidine groups is 1. The van der Waals surface area contributed by atoms with Crippen molar-refractivity contribution in [2.45, 2.75) is 0 Å². The molecule has 0 aliphatic carbocycles. The van der Waals surface area contributed by atoms with E-state index in [0.29, 0.717) is 10.6 Å². The molecular weight excluding hydrogens is 252 g/mol.